The molecule has 2 saturated carbocycles. The molecule has 0 saturated heterocycles. The Kier molecular flexibility index (Phi) is 6.62. The maximum atomic E-state index is 13.1. The Bertz CT molecular complexity index is 1110. The fourth-order valence-electron chi connectivity index (χ4n) is 5.04. The second-order valence-electron chi connectivity index (χ2n) is 8.95. The molecule has 2 fully saturated rings. The zero-order valence-electron chi connectivity index (χ0n) is 18.8. The molecule has 2 aliphatic carbocycles. The summed E-state index contributed by atoms with van der Waals surface area (Å²) in [5, 5.41) is 12.9. The van der Waals surface area contributed by atoms with Crippen LogP contribution in [-0.4, -0.2) is 58.5 Å². The smallest absolute Gasteiger partial charge is 0.329 e. The lowest BCUT2D eigenvalue weighted by atomic mass is 10.0. The molecule has 2 aromatic rings. The molecule has 0 bridgehead atoms. The van der Waals surface area contributed by atoms with E-state index in [0.29, 0.717) is 25.1 Å². The number of nitrogens with one attached hydrogen (secondary N) is 1. The molecule has 33 heavy (non-hydrogen) atoms. The molecule has 3 atom stereocenters. The molecule has 9 heteroatoms. The van der Waals surface area contributed by atoms with Crippen LogP contribution in [0.2, 0.25) is 0 Å². The predicted octanol–water partition coefficient (Wildman–Crippen LogP) is 2.03. The first-order valence-corrected chi connectivity index (χ1v) is 11.4. The third-order valence-electron chi connectivity index (χ3n) is 6.87. The summed E-state index contributed by atoms with van der Waals surface area (Å²) < 4.78 is 7.37. The number of aromatic nitrogens is 1. The van der Waals surface area contributed by atoms with Gasteiger partial charge in [0.15, 0.2) is 0 Å². The molecule has 9 nitrogen and oxygen atoms in total. The van der Waals surface area contributed by atoms with Crippen molar-refractivity contribution in [1.29, 1.82) is 0 Å². The minimum atomic E-state index is -0.999. The van der Waals surface area contributed by atoms with E-state index in [-0.39, 0.29) is 35.8 Å². The van der Waals surface area contributed by atoms with Crippen LogP contribution in [0.15, 0.2) is 35.3 Å². The fraction of sp³-hybridized carbons (Fsp3) is 0.500. The van der Waals surface area contributed by atoms with Crippen LogP contribution in [0.4, 0.5) is 0 Å². The number of rotatable bonds is 9. The first kappa shape index (κ1) is 23.1. The zero-order chi connectivity index (χ0) is 23.6. The van der Waals surface area contributed by atoms with Gasteiger partial charge in [0.2, 0.25) is 0 Å². The molecule has 4 rings (SSSR count). The van der Waals surface area contributed by atoms with Crippen molar-refractivity contribution >= 4 is 34.4 Å². The van der Waals surface area contributed by atoms with Gasteiger partial charge < -0.3 is 25.5 Å². The van der Waals surface area contributed by atoms with E-state index in [4.69, 9.17) is 15.6 Å². The first-order chi connectivity index (χ1) is 15.9. The van der Waals surface area contributed by atoms with E-state index in [1.807, 2.05) is 24.3 Å². The lowest BCUT2D eigenvalue weighted by molar-refractivity contribution is -0.145. The van der Waals surface area contributed by atoms with E-state index in [1.54, 1.807) is 17.7 Å². The quantitative estimate of drug-likeness (QED) is 0.496. The number of hydrogen-bond acceptors (Lipinski definition) is 5. The predicted molar refractivity (Wildman–Crippen MR) is 123 cm³/mol. The maximum Gasteiger partial charge on any atom is 0.329 e. The first-order valence-electron chi connectivity index (χ1n) is 11.4. The Hall–Kier alpha value is -3.04. The number of carbonyl (C=O) groups is 3. The molecule has 176 valence electrons. The van der Waals surface area contributed by atoms with Crippen molar-refractivity contribution < 1.29 is 24.2 Å². The minimum Gasteiger partial charge on any atom is -0.480 e. The van der Waals surface area contributed by atoms with Crippen molar-refractivity contribution in [2.24, 2.45) is 23.2 Å². The lowest BCUT2D eigenvalue weighted by Crippen LogP contribution is -2.38. The Morgan fingerprint density at radius 1 is 1.33 bits per heavy atom. The Labute approximate surface area is 192 Å². The van der Waals surface area contributed by atoms with Crippen LogP contribution in [0.5, 0.6) is 0 Å². The number of carboxylic acid groups (broad SMARTS) is 1. The number of aliphatic carboxylic acids is 1. The third-order valence-corrected chi connectivity index (χ3v) is 6.87. The number of carboxylic acids is 1. The van der Waals surface area contributed by atoms with E-state index >= 15 is 0 Å². The normalized spacial score (nSPS) is 24.4. The van der Waals surface area contributed by atoms with Crippen LogP contribution in [-0.2, 0) is 21.4 Å². The minimum absolute atomic E-state index is 0.109. The second-order valence-corrected chi connectivity index (χ2v) is 8.95. The third kappa shape index (κ3) is 4.69. The van der Waals surface area contributed by atoms with Gasteiger partial charge in [-0.15, -0.1) is 0 Å². The largest absolute Gasteiger partial charge is 0.480 e. The molecule has 1 aromatic heterocycles. The fourth-order valence-corrected chi connectivity index (χ4v) is 5.04. The number of carbonyl (C=O) groups excluding carboxylic acids is 2. The van der Waals surface area contributed by atoms with Crippen LogP contribution < -0.4 is 11.1 Å². The van der Waals surface area contributed by atoms with Crippen molar-refractivity contribution in [3.8, 4) is 0 Å². The average molecular weight is 455 g/mol. The molecule has 1 aromatic carbocycles. The van der Waals surface area contributed by atoms with Gasteiger partial charge in [-0.2, -0.15) is 0 Å². The number of aryl methyl sites for hydroxylation is 1. The van der Waals surface area contributed by atoms with Gasteiger partial charge in [0, 0.05) is 29.4 Å². The monoisotopic (exact) mass is 454 g/mol. The van der Waals surface area contributed by atoms with E-state index in [9.17, 15) is 14.4 Å². The summed E-state index contributed by atoms with van der Waals surface area (Å²) >= 11 is 0. The zero-order valence-corrected chi connectivity index (χ0v) is 18.8. The number of amides is 2. The van der Waals surface area contributed by atoms with Gasteiger partial charge in [0.05, 0.1) is 6.10 Å². The van der Waals surface area contributed by atoms with Gasteiger partial charge in [0.25, 0.3) is 11.8 Å². The molecule has 2 amide bonds. The number of hydrogen-bond donors (Lipinski definition) is 3. The number of ether oxygens (including phenoxy) is 1. The van der Waals surface area contributed by atoms with Crippen molar-refractivity contribution in [3.63, 3.8) is 0 Å². The highest BCUT2D eigenvalue weighted by molar-refractivity contribution is 6.41. The molecule has 1 spiro atoms. The van der Waals surface area contributed by atoms with Crippen LogP contribution >= 0.6 is 0 Å². The van der Waals surface area contributed by atoms with Crippen LogP contribution in [0, 0.1) is 5.41 Å². The van der Waals surface area contributed by atoms with Gasteiger partial charge in [-0.3, -0.25) is 9.59 Å². The number of nitrogens with two attached hydrogens (primary N) is 1. The highest BCUT2D eigenvalue weighted by atomic mass is 16.5. The van der Waals surface area contributed by atoms with Crippen LogP contribution in [0.3, 0.4) is 0 Å². The van der Waals surface area contributed by atoms with Gasteiger partial charge in [-0.1, -0.05) is 24.6 Å². The van der Waals surface area contributed by atoms with Gasteiger partial charge >= 0.3 is 5.97 Å². The molecular formula is C24H30N4O5. The second kappa shape index (κ2) is 9.44. The molecule has 0 aliphatic heterocycles. The summed E-state index contributed by atoms with van der Waals surface area (Å²) in [4.78, 5) is 41.1. The highest BCUT2D eigenvalue weighted by Gasteiger charge is 2.62. The Balaban J connectivity index is 1.48. The average Bonchev–Trinajstić information content (AvgIpc) is 3.14. The van der Waals surface area contributed by atoms with Crippen LogP contribution in [0.25, 0.3) is 10.9 Å². The number of aliphatic imine (C=N–C) groups is 1. The summed E-state index contributed by atoms with van der Waals surface area (Å²) in [5.41, 5.74) is 6.91. The number of benzene rings is 1. The number of nitrogens with zero attached hydrogens (tertiary/aromatic N) is 2. The van der Waals surface area contributed by atoms with Crippen molar-refractivity contribution in [3.05, 3.63) is 36.0 Å². The summed E-state index contributed by atoms with van der Waals surface area (Å²) in [7, 11) is 1.80. The molecule has 2 aliphatic rings. The van der Waals surface area contributed by atoms with Crippen molar-refractivity contribution in [1.82, 2.24) is 9.88 Å². The van der Waals surface area contributed by atoms with Gasteiger partial charge in [-0.05, 0) is 50.8 Å². The molecule has 1 unspecified atom stereocenters. The Morgan fingerprint density at radius 2 is 2.12 bits per heavy atom. The van der Waals surface area contributed by atoms with E-state index < -0.39 is 11.9 Å². The SMILES string of the molecule is Cn1c(C(=O)N=C(CCCN)C(=O)NC2C[C@]23CCC[C@@H]3OCC(=O)O)cc2ccccc21. The molecular weight excluding hydrogens is 424 g/mol. The molecule has 1 heterocycles. The van der Waals surface area contributed by atoms with Crippen molar-refractivity contribution in [2.45, 2.75) is 50.7 Å². The highest BCUT2D eigenvalue weighted by Crippen LogP contribution is 2.59. The van der Waals surface area contributed by atoms with E-state index in [1.165, 1.54) is 0 Å². The van der Waals surface area contributed by atoms with E-state index in [2.05, 4.69) is 10.3 Å². The lowest BCUT2D eigenvalue weighted by Gasteiger charge is -2.20. The Morgan fingerprint density at radius 3 is 2.85 bits per heavy atom. The topological polar surface area (TPSA) is 136 Å². The van der Waals surface area contributed by atoms with Crippen LogP contribution in [0.1, 0.15) is 49.0 Å². The summed E-state index contributed by atoms with van der Waals surface area (Å²) in [6.45, 7) is 0.0445. The van der Waals surface area contributed by atoms with Gasteiger partial charge in [0.1, 0.15) is 18.0 Å². The standard InChI is InChI=1S/C24H30N4O5/c1-28-17-8-3-2-6-15(17)12-18(28)23(32)26-16(7-5-11-25)22(31)27-19-13-24(19)10-4-9-20(24)33-14-21(29)30/h2-3,6,8,12,19-20H,4-5,7,9-11,13-14,25H2,1H3,(H,27,31)(H,29,30)/t19?,20-,24+/m0/s1. The number of fused-ring (bicyclic) bond motifs is 1. The molecule has 0 radical (unpaired) electrons. The molecule has 4 N–H and O–H groups in total. The van der Waals surface area contributed by atoms with Crippen molar-refractivity contribution in [2.75, 3.05) is 13.2 Å². The van der Waals surface area contributed by atoms with Gasteiger partial charge in [-0.25, -0.2) is 9.79 Å². The summed E-state index contributed by atoms with van der Waals surface area (Å²) in [5.74, 6) is -1.84. The number of para-hydroxylation sites is 1. The summed E-state index contributed by atoms with van der Waals surface area (Å²) in [6.07, 6.45) is 4.00. The summed E-state index contributed by atoms with van der Waals surface area (Å²) in [6, 6.07) is 9.33. The maximum absolute atomic E-state index is 13.1. The van der Waals surface area contributed by atoms with E-state index in [0.717, 1.165) is 36.6 Å².